The molecule has 0 saturated heterocycles. The molecule has 3 N–H and O–H groups in total. The molecule has 2 aromatic carbocycles. The highest BCUT2D eigenvalue weighted by Gasteiger charge is 2.08. The molecule has 108 valence electrons. The molecule has 0 aromatic heterocycles. The average Bonchev–Trinajstić information content (AvgIpc) is 2.46. The Hall–Kier alpha value is -2.96. The first kappa shape index (κ1) is 14.4. The van der Waals surface area contributed by atoms with Gasteiger partial charge in [0.25, 0.3) is 5.69 Å². The van der Waals surface area contributed by atoms with Gasteiger partial charge in [-0.2, -0.15) is 0 Å². The maximum absolute atomic E-state index is 13.8. The molecule has 0 aliphatic heterocycles. The van der Waals surface area contributed by atoms with E-state index < -0.39 is 10.7 Å². The standard InChI is InChI=1S/C14H12FN3O3/c15-13-7-9(14(16)17)1-2-10(13)8-21-12-5-3-11(4-6-12)18(19)20/h1-7H,8H2,(H3,16,17). The summed E-state index contributed by atoms with van der Waals surface area (Å²) in [4.78, 5) is 10.0. The number of nitrogens with two attached hydrogens (primary N) is 1. The van der Waals surface area contributed by atoms with Crippen molar-refractivity contribution in [3.8, 4) is 5.75 Å². The summed E-state index contributed by atoms with van der Waals surface area (Å²) in [7, 11) is 0. The van der Waals surface area contributed by atoms with E-state index in [2.05, 4.69) is 0 Å². The molecule has 0 spiro atoms. The van der Waals surface area contributed by atoms with Gasteiger partial charge < -0.3 is 10.5 Å². The van der Waals surface area contributed by atoms with Gasteiger partial charge in [0.2, 0.25) is 0 Å². The summed E-state index contributed by atoms with van der Waals surface area (Å²) in [6.45, 7) is -0.0260. The Morgan fingerprint density at radius 1 is 1.29 bits per heavy atom. The minimum absolute atomic E-state index is 0.0260. The van der Waals surface area contributed by atoms with Crippen LogP contribution in [0.25, 0.3) is 0 Å². The average molecular weight is 289 g/mol. The Kier molecular flexibility index (Phi) is 4.13. The van der Waals surface area contributed by atoms with E-state index in [4.69, 9.17) is 15.9 Å². The van der Waals surface area contributed by atoms with Gasteiger partial charge in [-0.05, 0) is 18.2 Å². The lowest BCUT2D eigenvalue weighted by atomic mass is 10.1. The second kappa shape index (κ2) is 6.00. The minimum Gasteiger partial charge on any atom is -0.489 e. The molecule has 0 atom stereocenters. The second-order valence-corrected chi connectivity index (χ2v) is 4.26. The van der Waals surface area contributed by atoms with Crippen LogP contribution in [-0.4, -0.2) is 10.8 Å². The van der Waals surface area contributed by atoms with Crippen molar-refractivity contribution in [1.29, 1.82) is 5.41 Å². The smallest absolute Gasteiger partial charge is 0.269 e. The van der Waals surface area contributed by atoms with E-state index in [1.165, 1.54) is 36.4 Å². The molecule has 0 bridgehead atoms. The molecule has 6 nitrogen and oxygen atoms in total. The van der Waals surface area contributed by atoms with Crippen LogP contribution in [-0.2, 0) is 6.61 Å². The molecular formula is C14H12FN3O3. The molecule has 21 heavy (non-hydrogen) atoms. The summed E-state index contributed by atoms with van der Waals surface area (Å²) >= 11 is 0. The highest BCUT2D eigenvalue weighted by Crippen LogP contribution is 2.19. The Morgan fingerprint density at radius 3 is 2.48 bits per heavy atom. The summed E-state index contributed by atoms with van der Waals surface area (Å²) in [6.07, 6.45) is 0. The number of nitrogen functional groups attached to an aromatic ring is 1. The van der Waals surface area contributed by atoms with Crippen LogP contribution in [0.4, 0.5) is 10.1 Å². The van der Waals surface area contributed by atoms with Gasteiger partial charge in [0.05, 0.1) is 4.92 Å². The van der Waals surface area contributed by atoms with Crippen molar-refractivity contribution >= 4 is 11.5 Å². The lowest BCUT2D eigenvalue weighted by molar-refractivity contribution is -0.384. The summed E-state index contributed by atoms with van der Waals surface area (Å²) in [6, 6.07) is 9.68. The number of benzene rings is 2. The van der Waals surface area contributed by atoms with Crippen molar-refractivity contribution < 1.29 is 14.1 Å². The zero-order chi connectivity index (χ0) is 15.4. The predicted octanol–water partition coefficient (Wildman–Crippen LogP) is 2.60. The third-order valence-electron chi connectivity index (χ3n) is 2.81. The number of nitro groups is 1. The van der Waals surface area contributed by atoms with Gasteiger partial charge in [0.15, 0.2) is 0 Å². The second-order valence-electron chi connectivity index (χ2n) is 4.26. The van der Waals surface area contributed by atoms with Gasteiger partial charge in [0, 0.05) is 23.3 Å². The number of hydrogen-bond acceptors (Lipinski definition) is 4. The number of amidine groups is 1. The lowest BCUT2D eigenvalue weighted by Crippen LogP contribution is -2.12. The van der Waals surface area contributed by atoms with Crippen LogP contribution in [0.1, 0.15) is 11.1 Å². The van der Waals surface area contributed by atoms with Crippen LogP contribution in [0.3, 0.4) is 0 Å². The van der Waals surface area contributed by atoms with Crippen LogP contribution in [0.15, 0.2) is 42.5 Å². The van der Waals surface area contributed by atoms with E-state index >= 15 is 0 Å². The van der Waals surface area contributed by atoms with Crippen molar-refractivity contribution in [3.63, 3.8) is 0 Å². The number of hydrogen-bond donors (Lipinski definition) is 2. The zero-order valence-corrected chi connectivity index (χ0v) is 10.9. The fourth-order valence-corrected chi connectivity index (χ4v) is 1.66. The summed E-state index contributed by atoms with van der Waals surface area (Å²) in [5, 5.41) is 17.7. The maximum atomic E-state index is 13.8. The van der Waals surface area contributed by atoms with Gasteiger partial charge >= 0.3 is 0 Å². The number of halogens is 1. The van der Waals surface area contributed by atoms with Gasteiger partial charge in [-0.25, -0.2) is 4.39 Å². The largest absolute Gasteiger partial charge is 0.489 e. The molecule has 7 heteroatoms. The quantitative estimate of drug-likeness (QED) is 0.382. The summed E-state index contributed by atoms with van der Waals surface area (Å²) < 4.78 is 19.1. The van der Waals surface area contributed by atoms with Crippen LogP contribution < -0.4 is 10.5 Å². The Morgan fingerprint density at radius 2 is 1.95 bits per heavy atom. The minimum atomic E-state index is -0.524. The molecule has 0 unspecified atom stereocenters. The van der Waals surface area contributed by atoms with E-state index in [1.54, 1.807) is 0 Å². The first-order chi connectivity index (χ1) is 9.97. The highest BCUT2D eigenvalue weighted by atomic mass is 19.1. The van der Waals surface area contributed by atoms with E-state index in [9.17, 15) is 14.5 Å². The highest BCUT2D eigenvalue weighted by molar-refractivity contribution is 5.94. The topological polar surface area (TPSA) is 102 Å². The number of rotatable bonds is 5. The number of non-ortho nitro benzene ring substituents is 1. The normalized spacial score (nSPS) is 10.1. The molecule has 0 saturated carbocycles. The number of nitrogens with one attached hydrogen (secondary N) is 1. The van der Waals surface area contributed by atoms with Crippen molar-refractivity contribution in [3.05, 3.63) is 69.5 Å². The summed E-state index contributed by atoms with van der Waals surface area (Å²) in [5.41, 5.74) is 5.83. The SMILES string of the molecule is N=C(N)c1ccc(COc2ccc([N+](=O)[O-])cc2)c(F)c1. The summed E-state index contributed by atoms with van der Waals surface area (Å²) in [5.74, 6) is -0.336. The van der Waals surface area contributed by atoms with Crippen molar-refractivity contribution in [2.24, 2.45) is 5.73 Å². The van der Waals surface area contributed by atoms with Crippen LogP contribution in [0, 0.1) is 21.3 Å². The Bertz CT molecular complexity index is 686. The molecule has 2 rings (SSSR count). The molecule has 0 fully saturated rings. The molecular weight excluding hydrogens is 277 g/mol. The third kappa shape index (κ3) is 3.53. The Balaban J connectivity index is 2.06. The van der Waals surface area contributed by atoms with Gasteiger partial charge in [0.1, 0.15) is 24.0 Å². The van der Waals surface area contributed by atoms with Crippen LogP contribution in [0.2, 0.25) is 0 Å². The third-order valence-corrected chi connectivity index (χ3v) is 2.81. The molecule has 0 amide bonds. The van der Waals surface area contributed by atoms with E-state index in [1.807, 2.05) is 0 Å². The molecule has 0 heterocycles. The van der Waals surface area contributed by atoms with Crippen molar-refractivity contribution in [1.82, 2.24) is 0 Å². The van der Waals surface area contributed by atoms with E-state index in [-0.39, 0.29) is 18.1 Å². The molecule has 0 aliphatic rings. The molecule has 0 radical (unpaired) electrons. The number of nitrogens with zero attached hydrogens (tertiary/aromatic N) is 1. The van der Waals surface area contributed by atoms with Gasteiger partial charge in [-0.3, -0.25) is 15.5 Å². The fourth-order valence-electron chi connectivity index (χ4n) is 1.66. The fraction of sp³-hybridized carbons (Fsp3) is 0.0714. The maximum Gasteiger partial charge on any atom is 0.269 e. The van der Waals surface area contributed by atoms with E-state index in [0.717, 1.165) is 6.07 Å². The van der Waals surface area contributed by atoms with E-state index in [0.29, 0.717) is 16.9 Å². The van der Waals surface area contributed by atoms with Gasteiger partial charge in [-0.1, -0.05) is 12.1 Å². The first-order valence-electron chi connectivity index (χ1n) is 5.97. The zero-order valence-electron chi connectivity index (χ0n) is 10.9. The van der Waals surface area contributed by atoms with Crippen molar-refractivity contribution in [2.75, 3.05) is 0 Å². The van der Waals surface area contributed by atoms with Gasteiger partial charge in [-0.15, -0.1) is 0 Å². The number of ether oxygens (including phenoxy) is 1. The van der Waals surface area contributed by atoms with Crippen LogP contribution >= 0.6 is 0 Å². The van der Waals surface area contributed by atoms with Crippen molar-refractivity contribution in [2.45, 2.75) is 6.61 Å². The lowest BCUT2D eigenvalue weighted by Gasteiger charge is -2.08. The number of nitro benzene ring substituents is 1. The predicted molar refractivity (Wildman–Crippen MR) is 74.8 cm³/mol. The monoisotopic (exact) mass is 289 g/mol. The Labute approximate surface area is 119 Å². The molecule has 2 aromatic rings. The molecule has 0 aliphatic carbocycles. The van der Waals surface area contributed by atoms with Crippen LogP contribution in [0.5, 0.6) is 5.75 Å². The first-order valence-corrected chi connectivity index (χ1v) is 5.97.